The fourth-order valence-corrected chi connectivity index (χ4v) is 2.45. The molecule has 0 atom stereocenters. The minimum Gasteiger partial charge on any atom is -0.398 e. The Bertz CT molecular complexity index is 733. The van der Waals surface area contributed by atoms with E-state index in [0.29, 0.717) is 0 Å². The summed E-state index contributed by atoms with van der Waals surface area (Å²) < 4.78 is 0. The predicted octanol–water partition coefficient (Wildman–Crippen LogP) is 4.19. The molecule has 2 heteroatoms. The van der Waals surface area contributed by atoms with Gasteiger partial charge in [0.05, 0.1) is 0 Å². The number of rotatable bonds is 2. The molecule has 0 bridgehead atoms. The van der Waals surface area contributed by atoms with Crippen LogP contribution in [0.1, 0.15) is 0 Å². The van der Waals surface area contributed by atoms with Crippen molar-refractivity contribution in [1.29, 1.82) is 0 Å². The Morgan fingerprint density at radius 3 is 1.85 bits per heavy atom. The van der Waals surface area contributed by atoms with E-state index in [2.05, 4.69) is 18.2 Å². The lowest BCUT2D eigenvalue weighted by Crippen LogP contribution is -1.96. The fraction of sp³-hybridized carbons (Fsp3) is 0. The molecule has 0 fully saturated rings. The summed E-state index contributed by atoms with van der Waals surface area (Å²) in [6.45, 7) is 0. The zero-order chi connectivity index (χ0) is 13.9. The highest BCUT2D eigenvalue weighted by Gasteiger charge is 2.12. The first-order chi connectivity index (χ1) is 9.77. The van der Waals surface area contributed by atoms with Crippen molar-refractivity contribution in [2.75, 3.05) is 11.5 Å². The minimum absolute atomic E-state index is 0.739. The molecule has 0 aliphatic rings. The quantitative estimate of drug-likeness (QED) is 0.679. The van der Waals surface area contributed by atoms with Crippen molar-refractivity contribution >= 4 is 11.4 Å². The number of hydrogen-bond acceptors (Lipinski definition) is 2. The van der Waals surface area contributed by atoms with Crippen LogP contribution in [0.4, 0.5) is 11.4 Å². The van der Waals surface area contributed by atoms with Gasteiger partial charge in [-0.2, -0.15) is 0 Å². The first kappa shape index (κ1) is 12.3. The summed E-state index contributed by atoms with van der Waals surface area (Å²) in [7, 11) is 0. The molecular formula is C18H16N2. The largest absolute Gasteiger partial charge is 0.398 e. The van der Waals surface area contributed by atoms with E-state index in [1.165, 1.54) is 0 Å². The van der Waals surface area contributed by atoms with Gasteiger partial charge >= 0.3 is 0 Å². The van der Waals surface area contributed by atoms with E-state index in [-0.39, 0.29) is 0 Å². The fourth-order valence-electron chi connectivity index (χ4n) is 2.45. The van der Waals surface area contributed by atoms with Gasteiger partial charge in [-0.05, 0) is 23.3 Å². The molecule has 3 aromatic carbocycles. The van der Waals surface area contributed by atoms with E-state index in [4.69, 9.17) is 11.5 Å². The summed E-state index contributed by atoms with van der Waals surface area (Å²) in [5.74, 6) is 0. The third-order valence-corrected chi connectivity index (χ3v) is 3.41. The smallest absolute Gasteiger partial charge is 0.0400 e. The van der Waals surface area contributed by atoms with Crippen molar-refractivity contribution < 1.29 is 0 Å². The maximum absolute atomic E-state index is 6.20. The van der Waals surface area contributed by atoms with Gasteiger partial charge in [0.1, 0.15) is 0 Å². The third-order valence-electron chi connectivity index (χ3n) is 3.41. The molecule has 0 unspecified atom stereocenters. The van der Waals surface area contributed by atoms with Crippen LogP contribution in [0.3, 0.4) is 0 Å². The lowest BCUT2D eigenvalue weighted by Gasteiger charge is -2.14. The second-order valence-corrected chi connectivity index (χ2v) is 4.72. The zero-order valence-electron chi connectivity index (χ0n) is 11.1. The maximum atomic E-state index is 6.20. The molecule has 0 saturated heterocycles. The summed E-state index contributed by atoms with van der Waals surface area (Å²) in [6.07, 6.45) is 0. The molecule has 3 aromatic rings. The number of para-hydroxylation sites is 1. The Morgan fingerprint density at radius 2 is 1.10 bits per heavy atom. The van der Waals surface area contributed by atoms with Gasteiger partial charge in [-0.15, -0.1) is 0 Å². The van der Waals surface area contributed by atoms with Gasteiger partial charge in [0.25, 0.3) is 0 Å². The zero-order valence-corrected chi connectivity index (χ0v) is 11.1. The van der Waals surface area contributed by atoms with E-state index < -0.39 is 0 Å². The SMILES string of the molecule is Nc1ccccc1-c1c(N)cccc1-c1ccccc1. The molecule has 0 radical (unpaired) electrons. The lowest BCUT2D eigenvalue weighted by molar-refractivity contribution is 1.57. The molecule has 3 rings (SSSR count). The number of nitrogen functional groups attached to an aromatic ring is 2. The number of anilines is 2. The molecular weight excluding hydrogens is 244 g/mol. The van der Waals surface area contributed by atoms with Gasteiger partial charge in [-0.3, -0.25) is 0 Å². The summed E-state index contributed by atoms with van der Waals surface area (Å²) in [5.41, 5.74) is 18.0. The van der Waals surface area contributed by atoms with Gasteiger partial charge in [-0.1, -0.05) is 60.7 Å². The average Bonchev–Trinajstić information content (AvgIpc) is 2.49. The molecule has 2 nitrogen and oxygen atoms in total. The molecule has 0 spiro atoms. The monoisotopic (exact) mass is 260 g/mol. The molecule has 98 valence electrons. The molecule has 20 heavy (non-hydrogen) atoms. The van der Waals surface area contributed by atoms with E-state index in [1.54, 1.807) is 0 Å². The maximum Gasteiger partial charge on any atom is 0.0400 e. The normalized spacial score (nSPS) is 10.4. The predicted molar refractivity (Wildman–Crippen MR) is 86.1 cm³/mol. The standard InChI is InChI=1S/C18H16N2/c19-16-11-5-4-9-15(16)18-14(10-6-12-17(18)20)13-7-2-1-3-8-13/h1-12H,19-20H2. The molecule has 0 aliphatic heterocycles. The Hall–Kier alpha value is -2.74. The second kappa shape index (κ2) is 5.10. The summed E-state index contributed by atoms with van der Waals surface area (Å²) in [5, 5.41) is 0. The van der Waals surface area contributed by atoms with Gasteiger partial charge in [0.2, 0.25) is 0 Å². The van der Waals surface area contributed by atoms with Crippen LogP contribution in [0.2, 0.25) is 0 Å². The van der Waals surface area contributed by atoms with Gasteiger partial charge in [0.15, 0.2) is 0 Å². The molecule has 0 aromatic heterocycles. The topological polar surface area (TPSA) is 52.0 Å². The Balaban J connectivity index is 2.29. The minimum atomic E-state index is 0.739. The van der Waals surface area contributed by atoms with E-state index >= 15 is 0 Å². The van der Waals surface area contributed by atoms with E-state index in [1.807, 2.05) is 54.6 Å². The highest BCUT2D eigenvalue weighted by atomic mass is 14.6. The van der Waals surface area contributed by atoms with E-state index in [9.17, 15) is 0 Å². The second-order valence-electron chi connectivity index (χ2n) is 4.72. The Labute approximate surface area is 118 Å². The molecule has 0 saturated carbocycles. The van der Waals surface area contributed by atoms with Crippen LogP contribution in [0.25, 0.3) is 22.3 Å². The van der Waals surface area contributed by atoms with Crippen LogP contribution in [-0.2, 0) is 0 Å². The van der Waals surface area contributed by atoms with Crippen molar-refractivity contribution in [1.82, 2.24) is 0 Å². The van der Waals surface area contributed by atoms with Gasteiger partial charge in [0, 0.05) is 22.5 Å². The van der Waals surface area contributed by atoms with Crippen LogP contribution in [0.5, 0.6) is 0 Å². The van der Waals surface area contributed by atoms with Crippen LogP contribution >= 0.6 is 0 Å². The molecule has 0 heterocycles. The highest BCUT2D eigenvalue weighted by molar-refractivity contribution is 5.95. The Morgan fingerprint density at radius 1 is 0.500 bits per heavy atom. The number of hydrogen-bond donors (Lipinski definition) is 2. The molecule has 0 aliphatic carbocycles. The highest BCUT2D eigenvalue weighted by Crippen LogP contribution is 2.38. The molecule has 0 amide bonds. The van der Waals surface area contributed by atoms with Crippen molar-refractivity contribution in [3.63, 3.8) is 0 Å². The Kier molecular flexibility index (Phi) is 3.13. The van der Waals surface area contributed by atoms with Crippen molar-refractivity contribution in [3.8, 4) is 22.3 Å². The van der Waals surface area contributed by atoms with Crippen LogP contribution < -0.4 is 11.5 Å². The first-order valence-corrected chi connectivity index (χ1v) is 6.56. The van der Waals surface area contributed by atoms with Gasteiger partial charge < -0.3 is 11.5 Å². The molecule has 4 N–H and O–H groups in total. The van der Waals surface area contributed by atoms with Crippen molar-refractivity contribution in [2.45, 2.75) is 0 Å². The van der Waals surface area contributed by atoms with Crippen LogP contribution in [0, 0.1) is 0 Å². The third kappa shape index (κ3) is 2.12. The summed E-state index contributed by atoms with van der Waals surface area (Å²) >= 11 is 0. The number of nitrogens with two attached hydrogens (primary N) is 2. The average molecular weight is 260 g/mol. The van der Waals surface area contributed by atoms with E-state index in [0.717, 1.165) is 33.6 Å². The van der Waals surface area contributed by atoms with Crippen molar-refractivity contribution in [3.05, 3.63) is 72.8 Å². The first-order valence-electron chi connectivity index (χ1n) is 6.56. The van der Waals surface area contributed by atoms with Gasteiger partial charge in [-0.25, -0.2) is 0 Å². The van der Waals surface area contributed by atoms with Crippen LogP contribution in [-0.4, -0.2) is 0 Å². The van der Waals surface area contributed by atoms with Crippen molar-refractivity contribution in [2.24, 2.45) is 0 Å². The lowest BCUT2D eigenvalue weighted by atomic mass is 9.92. The summed E-state index contributed by atoms with van der Waals surface area (Å²) in [4.78, 5) is 0. The van der Waals surface area contributed by atoms with Crippen LogP contribution in [0.15, 0.2) is 72.8 Å². The summed E-state index contributed by atoms with van der Waals surface area (Å²) in [6, 6.07) is 24.0. The number of benzene rings is 3.